The fourth-order valence-electron chi connectivity index (χ4n) is 2.12. The molecule has 1 amide bonds. The maximum Gasteiger partial charge on any atom is 0.326 e. The molecule has 22 heavy (non-hydrogen) atoms. The van der Waals surface area contributed by atoms with Gasteiger partial charge in [0.2, 0.25) is 0 Å². The Hall–Kier alpha value is -2.94. The van der Waals surface area contributed by atoms with Crippen LogP contribution in [-0.4, -0.2) is 28.0 Å². The third-order valence-corrected chi connectivity index (χ3v) is 3.37. The molecule has 1 aromatic heterocycles. The van der Waals surface area contributed by atoms with Crippen molar-refractivity contribution < 1.29 is 14.7 Å². The third kappa shape index (κ3) is 3.38. The summed E-state index contributed by atoms with van der Waals surface area (Å²) in [6.07, 6.45) is 0.0440. The van der Waals surface area contributed by atoms with Crippen molar-refractivity contribution in [1.29, 1.82) is 5.26 Å². The second-order valence-electron chi connectivity index (χ2n) is 5.02. The SMILES string of the molecule is C[C@H](CC#N)[C@@H](NC(=O)c1ccc2ccccc2n1)C(=O)O. The first-order valence-corrected chi connectivity index (χ1v) is 6.79. The molecular formula is C16H15N3O3. The summed E-state index contributed by atoms with van der Waals surface area (Å²) in [5, 5.41) is 21.2. The van der Waals surface area contributed by atoms with Crippen LogP contribution in [-0.2, 0) is 4.79 Å². The van der Waals surface area contributed by atoms with E-state index in [1.807, 2.05) is 24.3 Å². The van der Waals surface area contributed by atoms with Gasteiger partial charge in [0.25, 0.3) is 5.91 Å². The molecule has 0 radical (unpaired) electrons. The Balaban J connectivity index is 2.21. The van der Waals surface area contributed by atoms with Gasteiger partial charge in [-0.25, -0.2) is 9.78 Å². The van der Waals surface area contributed by atoms with Gasteiger partial charge in [-0.05, 0) is 12.1 Å². The Labute approximate surface area is 127 Å². The maximum absolute atomic E-state index is 12.2. The summed E-state index contributed by atoms with van der Waals surface area (Å²) < 4.78 is 0. The van der Waals surface area contributed by atoms with E-state index in [0.717, 1.165) is 5.39 Å². The largest absolute Gasteiger partial charge is 0.480 e. The van der Waals surface area contributed by atoms with Crippen LogP contribution >= 0.6 is 0 Å². The molecule has 0 fully saturated rings. The number of carboxylic acids is 1. The fraction of sp³-hybridized carbons (Fsp3) is 0.250. The van der Waals surface area contributed by atoms with Crippen molar-refractivity contribution in [3.05, 3.63) is 42.1 Å². The predicted molar refractivity (Wildman–Crippen MR) is 80.0 cm³/mol. The van der Waals surface area contributed by atoms with Crippen molar-refractivity contribution in [2.75, 3.05) is 0 Å². The summed E-state index contributed by atoms with van der Waals surface area (Å²) in [4.78, 5) is 27.7. The number of aromatic nitrogens is 1. The van der Waals surface area contributed by atoms with Gasteiger partial charge in [-0.1, -0.05) is 31.2 Å². The van der Waals surface area contributed by atoms with Crippen LogP contribution in [0.2, 0.25) is 0 Å². The second kappa shape index (κ2) is 6.68. The summed E-state index contributed by atoms with van der Waals surface area (Å²) in [5.74, 6) is -2.23. The number of nitrogens with zero attached hydrogens (tertiary/aromatic N) is 2. The van der Waals surface area contributed by atoms with E-state index < -0.39 is 23.8 Å². The van der Waals surface area contributed by atoms with E-state index >= 15 is 0 Å². The first-order chi connectivity index (χ1) is 10.5. The van der Waals surface area contributed by atoms with Crippen LogP contribution in [0.25, 0.3) is 10.9 Å². The van der Waals surface area contributed by atoms with Gasteiger partial charge in [0.05, 0.1) is 11.6 Å². The summed E-state index contributed by atoms with van der Waals surface area (Å²) >= 11 is 0. The van der Waals surface area contributed by atoms with E-state index in [9.17, 15) is 14.7 Å². The highest BCUT2D eigenvalue weighted by Gasteiger charge is 2.27. The van der Waals surface area contributed by atoms with E-state index in [0.29, 0.717) is 5.52 Å². The van der Waals surface area contributed by atoms with Crippen molar-refractivity contribution in [1.82, 2.24) is 10.3 Å². The fourth-order valence-corrected chi connectivity index (χ4v) is 2.12. The Bertz CT molecular complexity index is 752. The predicted octanol–water partition coefficient (Wildman–Crippen LogP) is 1.97. The number of nitriles is 1. The molecule has 6 nitrogen and oxygen atoms in total. The number of amides is 1. The van der Waals surface area contributed by atoms with E-state index in [1.165, 1.54) is 0 Å². The van der Waals surface area contributed by atoms with E-state index in [4.69, 9.17) is 5.26 Å². The first kappa shape index (κ1) is 15.4. The molecule has 0 saturated carbocycles. The molecule has 0 saturated heterocycles. The lowest BCUT2D eigenvalue weighted by Crippen LogP contribution is -2.45. The number of pyridine rings is 1. The van der Waals surface area contributed by atoms with Crippen LogP contribution in [0.5, 0.6) is 0 Å². The van der Waals surface area contributed by atoms with Crippen LogP contribution in [0.15, 0.2) is 36.4 Å². The summed E-state index contributed by atoms with van der Waals surface area (Å²) in [6.45, 7) is 1.61. The van der Waals surface area contributed by atoms with E-state index in [-0.39, 0.29) is 12.1 Å². The number of carboxylic acid groups (broad SMARTS) is 1. The van der Waals surface area contributed by atoms with Crippen LogP contribution in [0.1, 0.15) is 23.8 Å². The van der Waals surface area contributed by atoms with E-state index in [1.54, 1.807) is 25.1 Å². The van der Waals surface area contributed by atoms with Gasteiger partial charge in [0.1, 0.15) is 11.7 Å². The van der Waals surface area contributed by atoms with Crippen LogP contribution in [0.3, 0.4) is 0 Å². The molecule has 1 heterocycles. The number of para-hydroxylation sites is 1. The number of nitrogens with one attached hydrogen (secondary N) is 1. The molecule has 2 aromatic rings. The lowest BCUT2D eigenvalue weighted by atomic mass is 9.99. The van der Waals surface area contributed by atoms with Crippen molar-refractivity contribution >= 4 is 22.8 Å². The lowest BCUT2D eigenvalue weighted by molar-refractivity contribution is -0.140. The lowest BCUT2D eigenvalue weighted by Gasteiger charge is -2.19. The summed E-state index contributed by atoms with van der Waals surface area (Å²) in [5.41, 5.74) is 0.807. The molecule has 0 aliphatic rings. The zero-order valence-electron chi connectivity index (χ0n) is 12.0. The number of rotatable bonds is 5. The molecular weight excluding hydrogens is 282 g/mol. The third-order valence-electron chi connectivity index (χ3n) is 3.37. The summed E-state index contributed by atoms with van der Waals surface area (Å²) in [7, 11) is 0. The van der Waals surface area contributed by atoms with Gasteiger partial charge >= 0.3 is 5.97 Å². The topological polar surface area (TPSA) is 103 Å². The van der Waals surface area contributed by atoms with Crippen molar-refractivity contribution in [2.45, 2.75) is 19.4 Å². The highest BCUT2D eigenvalue weighted by Crippen LogP contribution is 2.13. The number of hydrogen-bond donors (Lipinski definition) is 2. The molecule has 0 aliphatic heterocycles. The average molecular weight is 297 g/mol. The number of benzene rings is 1. The standard InChI is InChI=1S/C16H15N3O3/c1-10(8-9-17)14(16(21)22)19-15(20)13-7-6-11-4-2-3-5-12(11)18-13/h2-7,10,14H,8H2,1H3,(H,19,20)(H,21,22)/t10-,14-/m1/s1. The Kier molecular flexibility index (Phi) is 4.69. The highest BCUT2D eigenvalue weighted by atomic mass is 16.4. The zero-order valence-corrected chi connectivity index (χ0v) is 12.0. The number of carbonyl (C=O) groups excluding carboxylic acids is 1. The van der Waals surface area contributed by atoms with Crippen LogP contribution in [0, 0.1) is 17.2 Å². The zero-order chi connectivity index (χ0) is 16.1. The molecule has 2 N–H and O–H groups in total. The monoisotopic (exact) mass is 297 g/mol. The van der Waals surface area contributed by atoms with E-state index in [2.05, 4.69) is 10.3 Å². The second-order valence-corrected chi connectivity index (χ2v) is 5.02. The van der Waals surface area contributed by atoms with Gasteiger partial charge in [-0.2, -0.15) is 5.26 Å². The smallest absolute Gasteiger partial charge is 0.326 e. The molecule has 1 aromatic carbocycles. The minimum atomic E-state index is -1.17. The van der Waals surface area contributed by atoms with Gasteiger partial charge < -0.3 is 10.4 Å². The Morgan fingerprint density at radius 1 is 1.32 bits per heavy atom. The quantitative estimate of drug-likeness (QED) is 0.878. The maximum atomic E-state index is 12.2. The molecule has 2 rings (SSSR count). The minimum Gasteiger partial charge on any atom is -0.480 e. The average Bonchev–Trinajstić information content (AvgIpc) is 2.51. The molecule has 6 heteroatoms. The molecule has 2 atom stereocenters. The molecule has 0 aliphatic carbocycles. The molecule has 0 spiro atoms. The summed E-state index contributed by atoms with van der Waals surface area (Å²) in [6, 6.07) is 11.4. The Morgan fingerprint density at radius 3 is 2.73 bits per heavy atom. The van der Waals surface area contributed by atoms with Crippen LogP contribution in [0.4, 0.5) is 0 Å². The Morgan fingerprint density at radius 2 is 2.05 bits per heavy atom. The first-order valence-electron chi connectivity index (χ1n) is 6.79. The minimum absolute atomic E-state index is 0.0440. The van der Waals surface area contributed by atoms with Crippen molar-refractivity contribution in [2.24, 2.45) is 5.92 Å². The highest BCUT2D eigenvalue weighted by molar-refractivity contribution is 5.97. The molecule has 0 unspecified atom stereocenters. The normalized spacial score (nSPS) is 13.1. The number of hydrogen-bond acceptors (Lipinski definition) is 4. The van der Waals surface area contributed by atoms with Gasteiger partial charge in [0.15, 0.2) is 0 Å². The van der Waals surface area contributed by atoms with Crippen molar-refractivity contribution in [3.63, 3.8) is 0 Å². The van der Waals surface area contributed by atoms with Gasteiger partial charge in [-0.3, -0.25) is 4.79 Å². The van der Waals surface area contributed by atoms with Crippen molar-refractivity contribution in [3.8, 4) is 6.07 Å². The van der Waals surface area contributed by atoms with Gasteiger partial charge in [-0.15, -0.1) is 0 Å². The van der Waals surface area contributed by atoms with Gasteiger partial charge in [0, 0.05) is 17.7 Å². The number of carbonyl (C=O) groups is 2. The number of aliphatic carboxylic acids is 1. The molecule has 0 bridgehead atoms. The number of fused-ring (bicyclic) bond motifs is 1. The molecule has 112 valence electrons. The van der Waals surface area contributed by atoms with Crippen LogP contribution < -0.4 is 5.32 Å².